The van der Waals surface area contributed by atoms with Crippen LogP contribution in [0.2, 0.25) is 0 Å². The lowest BCUT2D eigenvalue weighted by atomic mass is 9.92. The number of amides is 1. The molecule has 2 aromatic rings. The Kier molecular flexibility index (Phi) is 6.47. The Morgan fingerprint density at radius 2 is 1.71 bits per heavy atom. The molecule has 1 N–H and O–H groups in total. The Morgan fingerprint density at radius 3 is 2.36 bits per heavy atom. The quantitative estimate of drug-likeness (QED) is 0.816. The van der Waals surface area contributed by atoms with Gasteiger partial charge in [0.2, 0.25) is 0 Å². The number of sulfone groups is 1. The third kappa shape index (κ3) is 4.26. The summed E-state index contributed by atoms with van der Waals surface area (Å²) < 4.78 is 30.8. The fourth-order valence-electron chi connectivity index (χ4n) is 4.12. The molecule has 2 aliphatic rings. The molecule has 0 bridgehead atoms. The second kappa shape index (κ2) is 8.68. The van der Waals surface area contributed by atoms with Gasteiger partial charge in [-0.05, 0) is 56.0 Å². The summed E-state index contributed by atoms with van der Waals surface area (Å²) in [5.41, 5.74) is 0.426. The fourth-order valence-corrected chi connectivity index (χ4v) is 5.49. The minimum Gasteiger partial charge on any atom is -0.459 e. The van der Waals surface area contributed by atoms with E-state index < -0.39 is 9.84 Å². The molecule has 2 fully saturated rings. The lowest BCUT2D eigenvalue weighted by Gasteiger charge is -2.20. The van der Waals surface area contributed by atoms with Crippen LogP contribution in [0.3, 0.4) is 0 Å². The molecule has 8 heteroatoms. The lowest BCUT2D eigenvalue weighted by Crippen LogP contribution is -2.33. The van der Waals surface area contributed by atoms with Crippen LogP contribution in [0.15, 0.2) is 52.0 Å². The highest BCUT2D eigenvalue weighted by Crippen LogP contribution is 2.28. The number of rotatable bonds is 4. The van der Waals surface area contributed by atoms with Gasteiger partial charge in [0, 0.05) is 18.7 Å². The summed E-state index contributed by atoms with van der Waals surface area (Å²) in [6.07, 6.45) is 3.35. The molecule has 28 heavy (non-hydrogen) atoms. The fraction of sp³-hybridized carbons (Fsp3) is 0.450. The van der Waals surface area contributed by atoms with E-state index in [-0.39, 0.29) is 34.7 Å². The number of carbonyl (C=O) groups is 1. The Bertz CT molecular complexity index is 899. The Morgan fingerprint density at radius 1 is 1.07 bits per heavy atom. The molecule has 1 aromatic carbocycles. The van der Waals surface area contributed by atoms with E-state index in [4.69, 9.17) is 4.42 Å². The summed E-state index contributed by atoms with van der Waals surface area (Å²) in [4.78, 5) is 15.1. The maximum Gasteiger partial charge on any atom is 0.289 e. The molecular formula is C20H25ClN2O4S. The summed E-state index contributed by atoms with van der Waals surface area (Å²) >= 11 is 0. The Balaban J connectivity index is 0.00000225. The highest BCUT2D eigenvalue weighted by molar-refractivity contribution is 7.90. The maximum absolute atomic E-state index is 13.0. The first kappa shape index (κ1) is 20.9. The lowest BCUT2D eigenvalue weighted by molar-refractivity contribution is 0.0725. The van der Waals surface area contributed by atoms with Gasteiger partial charge in [-0.15, -0.1) is 12.4 Å². The highest BCUT2D eigenvalue weighted by atomic mass is 35.5. The molecule has 0 aliphatic carbocycles. The van der Waals surface area contributed by atoms with Crippen LogP contribution in [0.4, 0.5) is 0 Å². The summed E-state index contributed by atoms with van der Waals surface area (Å²) in [5.74, 6) is 0.956. The number of fused-ring (bicyclic) bond motifs is 1. The third-order valence-electron chi connectivity index (χ3n) is 5.70. The van der Waals surface area contributed by atoms with E-state index in [0.29, 0.717) is 30.5 Å². The van der Waals surface area contributed by atoms with Crippen molar-refractivity contribution in [3.8, 4) is 0 Å². The second-order valence-corrected chi connectivity index (χ2v) is 9.38. The summed E-state index contributed by atoms with van der Waals surface area (Å²) in [7, 11) is -3.53. The van der Waals surface area contributed by atoms with Gasteiger partial charge in [0.25, 0.3) is 5.91 Å². The zero-order chi connectivity index (χ0) is 18.9. The van der Waals surface area contributed by atoms with E-state index in [0.717, 1.165) is 25.9 Å². The van der Waals surface area contributed by atoms with Crippen LogP contribution in [-0.4, -0.2) is 45.4 Å². The van der Waals surface area contributed by atoms with E-state index in [1.54, 1.807) is 36.4 Å². The van der Waals surface area contributed by atoms with Crippen molar-refractivity contribution in [1.82, 2.24) is 10.2 Å². The van der Waals surface area contributed by atoms with E-state index >= 15 is 0 Å². The molecule has 1 aromatic heterocycles. The van der Waals surface area contributed by atoms with Crippen LogP contribution in [0.25, 0.3) is 0 Å². The van der Waals surface area contributed by atoms with E-state index in [1.807, 2.05) is 4.90 Å². The number of nitrogens with zero attached hydrogens (tertiary/aromatic N) is 1. The molecule has 6 nitrogen and oxygen atoms in total. The molecule has 2 saturated heterocycles. The van der Waals surface area contributed by atoms with Crippen molar-refractivity contribution >= 4 is 28.2 Å². The molecule has 3 heterocycles. The van der Waals surface area contributed by atoms with Gasteiger partial charge in [0.05, 0.1) is 16.9 Å². The van der Waals surface area contributed by atoms with Crippen molar-refractivity contribution in [2.75, 3.05) is 26.2 Å². The molecule has 0 spiro atoms. The van der Waals surface area contributed by atoms with Gasteiger partial charge in [-0.3, -0.25) is 4.79 Å². The van der Waals surface area contributed by atoms with Crippen molar-refractivity contribution in [3.63, 3.8) is 0 Å². The van der Waals surface area contributed by atoms with E-state index in [9.17, 15) is 13.2 Å². The molecule has 2 aliphatic heterocycles. The van der Waals surface area contributed by atoms with E-state index in [2.05, 4.69) is 5.32 Å². The number of likely N-dealkylation sites (tertiary alicyclic amines) is 1. The number of carbonyl (C=O) groups excluding carboxylic acids is 1. The number of furan rings is 1. The van der Waals surface area contributed by atoms with Gasteiger partial charge < -0.3 is 14.6 Å². The zero-order valence-corrected chi connectivity index (χ0v) is 17.2. The smallest absolute Gasteiger partial charge is 0.289 e. The standard InChI is InChI=1S/C20H24N2O4S.ClH/c23-20(22-9-6-15-12-21-13-16(15)7-10-22)19-17(8-11-26-19)14-27(24,25)18-4-2-1-3-5-18;/h1-5,8,11,15-16,21H,6-7,9-10,12-14H2;1H/t15-,16+;. The van der Waals surface area contributed by atoms with Gasteiger partial charge in [0.1, 0.15) is 0 Å². The third-order valence-corrected chi connectivity index (χ3v) is 7.38. The van der Waals surface area contributed by atoms with Crippen LogP contribution in [0.1, 0.15) is 29.0 Å². The first-order valence-corrected chi connectivity index (χ1v) is 11.0. The predicted octanol–water partition coefficient (Wildman–Crippen LogP) is 2.75. The van der Waals surface area contributed by atoms with Gasteiger partial charge in [-0.25, -0.2) is 8.42 Å². The van der Waals surface area contributed by atoms with Gasteiger partial charge >= 0.3 is 0 Å². The SMILES string of the molecule is Cl.O=C(c1occc1CS(=O)(=O)c1ccccc1)N1CC[C@@H]2CNC[C@@H]2CC1. The Hall–Kier alpha value is -1.83. The molecule has 152 valence electrons. The average molecular weight is 425 g/mol. The van der Waals surface area contributed by atoms with Crippen LogP contribution < -0.4 is 5.32 Å². The number of benzene rings is 1. The summed E-state index contributed by atoms with van der Waals surface area (Å²) in [5, 5.41) is 3.43. The molecule has 1 amide bonds. The first-order valence-electron chi connectivity index (χ1n) is 9.39. The van der Waals surface area contributed by atoms with Crippen molar-refractivity contribution in [3.05, 3.63) is 54.0 Å². The number of hydrogen-bond donors (Lipinski definition) is 1. The Labute approximate surface area is 171 Å². The second-order valence-electron chi connectivity index (χ2n) is 7.40. The molecule has 0 saturated carbocycles. The van der Waals surface area contributed by atoms with Crippen molar-refractivity contribution in [1.29, 1.82) is 0 Å². The number of hydrogen-bond acceptors (Lipinski definition) is 5. The molecular weight excluding hydrogens is 400 g/mol. The monoisotopic (exact) mass is 424 g/mol. The predicted molar refractivity (Wildman–Crippen MR) is 108 cm³/mol. The number of nitrogens with one attached hydrogen (secondary N) is 1. The van der Waals surface area contributed by atoms with Crippen LogP contribution in [0, 0.1) is 11.8 Å². The normalized spacial score (nSPS) is 22.2. The minimum absolute atomic E-state index is 0. The van der Waals surface area contributed by atoms with E-state index in [1.165, 1.54) is 6.26 Å². The molecule has 0 unspecified atom stereocenters. The largest absolute Gasteiger partial charge is 0.459 e. The van der Waals surface area contributed by atoms with Crippen molar-refractivity contribution in [2.24, 2.45) is 11.8 Å². The molecule has 4 rings (SSSR count). The minimum atomic E-state index is -3.53. The molecule has 0 radical (unpaired) electrons. The van der Waals surface area contributed by atoms with Crippen molar-refractivity contribution in [2.45, 2.75) is 23.5 Å². The van der Waals surface area contributed by atoms with Gasteiger partial charge in [-0.2, -0.15) is 0 Å². The summed E-state index contributed by atoms with van der Waals surface area (Å²) in [6, 6.07) is 9.88. The van der Waals surface area contributed by atoms with Gasteiger partial charge in [-0.1, -0.05) is 18.2 Å². The average Bonchev–Trinajstić information content (AvgIpc) is 3.27. The van der Waals surface area contributed by atoms with Gasteiger partial charge in [0.15, 0.2) is 15.6 Å². The van der Waals surface area contributed by atoms with Crippen LogP contribution in [0.5, 0.6) is 0 Å². The number of halogens is 1. The first-order chi connectivity index (χ1) is 13.0. The van der Waals surface area contributed by atoms with Crippen molar-refractivity contribution < 1.29 is 17.6 Å². The van der Waals surface area contributed by atoms with Crippen LogP contribution >= 0.6 is 12.4 Å². The molecule has 2 atom stereocenters. The van der Waals surface area contributed by atoms with Crippen LogP contribution in [-0.2, 0) is 15.6 Å². The summed E-state index contributed by atoms with van der Waals surface area (Å²) in [6.45, 7) is 3.42. The topological polar surface area (TPSA) is 79.6 Å². The zero-order valence-electron chi connectivity index (χ0n) is 15.5. The highest BCUT2D eigenvalue weighted by Gasteiger charge is 2.33. The maximum atomic E-state index is 13.0.